The summed E-state index contributed by atoms with van der Waals surface area (Å²) < 4.78 is 27.7. The standard InChI is InChI=1S/C18H16N2O4S/c1-13(15-11-10-14-6-2-3-7-16(14)12-15)19-25(23,24)18-9-5-4-8-17(18)20(21)22/h2-13,19H,1H3. The van der Waals surface area contributed by atoms with Crippen LogP contribution in [0.3, 0.4) is 0 Å². The predicted molar refractivity (Wildman–Crippen MR) is 95.8 cm³/mol. The molecule has 0 saturated heterocycles. The molecule has 3 aromatic carbocycles. The third-order valence-corrected chi connectivity index (χ3v) is 5.55. The monoisotopic (exact) mass is 356 g/mol. The van der Waals surface area contributed by atoms with E-state index < -0.39 is 26.7 Å². The molecule has 1 unspecified atom stereocenters. The van der Waals surface area contributed by atoms with Crippen molar-refractivity contribution >= 4 is 26.5 Å². The molecule has 3 aromatic rings. The Kier molecular flexibility index (Phi) is 4.52. The first-order chi connectivity index (χ1) is 11.9. The van der Waals surface area contributed by atoms with Crippen molar-refractivity contribution in [1.29, 1.82) is 0 Å². The number of hydrogen-bond donors (Lipinski definition) is 1. The van der Waals surface area contributed by atoms with Crippen molar-refractivity contribution in [2.24, 2.45) is 0 Å². The molecule has 0 spiro atoms. The average molecular weight is 356 g/mol. The summed E-state index contributed by atoms with van der Waals surface area (Å²) >= 11 is 0. The number of nitro benzene ring substituents is 1. The van der Waals surface area contributed by atoms with Gasteiger partial charge in [-0.15, -0.1) is 0 Å². The molecule has 0 aliphatic rings. The van der Waals surface area contributed by atoms with E-state index in [2.05, 4.69) is 4.72 Å². The van der Waals surface area contributed by atoms with Gasteiger partial charge in [0, 0.05) is 12.1 Å². The number of hydrogen-bond acceptors (Lipinski definition) is 4. The van der Waals surface area contributed by atoms with E-state index in [4.69, 9.17) is 0 Å². The van der Waals surface area contributed by atoms with Gasteiger partial charge in [0.15, 0.2) is 4.90 Å². The first-order valence-electron chi connectivity index (χ1n) is 7.63. The zero-order valence-corrected chi connectivity index (χ0v) is 14.2. The largest absolute Gasteiger partial charge is 0.289 e. The minimum atomic E-state index is -4.03. The smallest absolute Gasteiger partial charge is 0.258 e. The SMILES string of the molecule is CC(NS(=O)(=O)c1ccccc1[N+](=O)[O-])c1ccc2ccccc2c1. The summed E-state index contributed by atoms with van der Waals surface area (Å²) in [6.07, 6.45) is 0. The first-order valence-corrected chi connectivity index (χ1v) is 9.11. The predicted octanol–water partition coefficient (Wildman–Crippen LogP) is 3.79. The van der Waals surface area contributed by atoms with Gasteiger partial charge in [-0.2, -0.15) is 0 Å². The normalized spacial score (nSPS) is 12.8. The molecule has 0 radical (unpaired) electrons. The van der Waals surface area contributed by atoms with Crippen molar-refractivity contribution in [3.05, 3.63) is 82.4 Å². The molecule has 1 atom stereocenters. The van der Waals surface area contributed by atoms with Gasteiger partial charge in [0.05, 0.1) is 4.92 Å². The lowest BCUT2D eigenvalue weighted by molar-refractivity contribution is -0.387. The zero-order valence-electron chi connectivity index (χ0n) is 13.4. The Labute approximate surface area is 145 Å². The number of nitro groups is 1. The summed E-state index contributed by atoms with van der Waals surface area (Å²) in [5.74, 6) is 0. The van der Waals surface area contributed by atoms with Crippen LogP contribution in [0.5, 0.6) is 0 Å². The van der Waals surface area contributed by atoms with Crippen LogP contribution in [0.25, 0.3) is 10.8 Å². The molecule has 128 valence electrons. The van der Waals surface area contributed by atoms with Crippen LogP contribution in [0.1, 0.15) is 18.5 Å². The molecule has 0 aliphatic heterocycles. The molecule has 7 heteroatoms. The second kappa shape index (κ2) is 6.62. The summed E-state index contributed by atoms with van der Waals surface area (Å²) in [6, 6.07) is 18.2. The fourth-order valence-electron chi connectivity index (χ4n) is 2.68. The molecule has 25 heavy (non-hydrogen) atoms. The van der Waals surface area contributed by atoms with Crippen LogP contribution in [0.2, 0.25) is 0 Å². The molecule has 0 saturated carbocycles. The summed E-state index contributed by atoms with van der Waals surface area (Å²) in [6.45, 7) is 1.70. The van der Waals surface area contributed by atoms with Gasteiger partial charge in [0.1, 0.15) is 0 Å². The Bertz CT molecular complexity index is 1050. The van der Waals surface area contributed by atoms with Crippen molar-refractivity contribution in [3.63, 3.8) is 0 Å². The van der Waals surface area contributed by atoms with E-state index in [0.717, 1.165) is 16.3 Å². The fourth-order valence-corrected chi connectivity index (χ4v) is 4.08. The molecule has 6 nitrogen and oxygen atoms in total. The number of sulfonamides is 1. The quantitative estimate of drug-likeness (QED) is 0.556. The summed E-state index contributed by atoms with van der Waals surface area (Å²) in [5.41, 5.74) is 0.335. The van der Waals surface area contributed by atoms with Crippen LogP contribution in [-0.4, -0.2) is 13.3 Å². The Balaban J connectivity index is 1.93. The number of fused-ring (bicyclic) bond motifs is 1. The Morgan fingerprint density at radius 1 is 0.960 bits per heavy atom. The molecule has 0 heterocycles. The van der Waals surface area contributed by atoms with Gasteiger partial charge >= 0.3 is 0 Å². The highest BCUT2D eigenvalue weighted by molar-refractivity contribution is 7.89. The number of nitrogens with one attached hydrogen (secondary N) is 1. The Morgan fingerprint density at radius 3 is 2.32 bits per heavy atom. The Morgan fingerprint density at radius 2 is 1.60 bits per heavy atom. The molecule has 0 fully saturated rings. The van der Waals surface area contributed by atoms with Crippen molar-refractivity contribution in [2.75, 3.05) is 0 Å². The topological polar surface area (TPSA) is 89.3 Å². The minimum absolute atomic E-state index is 0.340. The van der Waals surface area contributed by atoms with Gasteiger partial charge in [0.2, 0.25) is 10.0 Å². The highest BCUT2D eigenvalue weighted by Gasteiger charge is 2.26. The number of nitrogens with zero attached hydrogens (tertiary/aromatic N) is 1. The van der Waals surface area contributed by atoms with E-state index in [1.54, 1.807) is 6.92 Å². The molecular formula is C18H16N2O4S. The van der Waals surface area contributed by atoms with Gasteiger partial charge in [-0.05, 0) is 35.4 Å². The van der Waals surface area contributed by atoms with Crippen LogP contribution < -0.4 is 4.72 Å². The summed E-state index contributed by atoms with van der Waals surface area (Å²) in [4.78, 5) is 10.0. The van der Waals surface area contributed by atoms with Crippen LogP contribution >= 0.6 is 0 Å². The minimum Gasteiger partial charge on any atom is -0.258 e. The lowest BCUT2D eigenvalue weighted by Crippen LogP contribution is -2.27. The van der Waals surface area contributed by atoms with E-state index >= 15 is 0 Å². The molecule has 0 bridgehead atoms. The van der Waals surface area contributed by atoms with Crippen molar-refractivity contribution in [1.82, 2.24) is 4.72 Å². The van der Waals surface area contributed by atoms with Crippen molar-refractivity contribution in [2.45, 2.75) is 17.9 Å². The third kappa shape index (κ3) is 3.52. The molecule has 0 amide bonds. The van der Waals surface area contributed by atoms with E-state index in [-0.39, 0.29) is 4.90 Å². The Hall–Kier alpha value is -2.77. The number of benzene rings is 3. The second-order valence-corrected chi connectivity index (χ2v) is 7.36. The first kappa shape index (κ1) is 17.1. The van der Waals surface area contributed by atoms with Crippen molar-refractivity contribution < 1.29 is 13.3 Å². The van der Waals surface area contributed by atoms with E-state index in [1.807, 2.05) is 42.5 Å². The number of para-hydroxylation sites is 1. The van der Waals surface area contributed by atoms with Crippen LogP contribution in [0, 0.1) is 10.1 Å². The second-order valence-electron chi connectivity index (χ2n) is 5.67. The maximum atomic E-state index is 12.6. The summed E-state index contributed by atoms with van der Waals surface area (Å²) in [5, 5.41) is 13.1. The van der Waals surface area contributed by atoms with E-state index in [9.17, 15) is 18.5 Å². The molecule has 0 aromatic heterocycles. The molecular weight excluding hydrogens is 340 g/mol. The van der Waals surface area contributed by atoms with Crippen molar-refractivity contribution in [3.8, 4) is 0 Å². The zero-order chi connectivity index (χ0) is 18.0. The maximum Gasteiger partial charge on any atom is 0.289 e. The maximum absolute atomic E-state index is 12.6. The van der Waals surface area contributed by atoms with Gasteiger partial charge in [0.25, 0.3) is 5.69 Å². The highest BCUT2D eigenvalue weighted by atomic mass is 32.2. The lowest BCUT2D eigenvalue weighted by Gasteiger charge is -2.15. The lowest BCUT2D eigenvalue weighted by atomic mass is 10.0. The fraction of sp³-hybridized carbons (Fsp3) is 0.111. The third-order valence-electron chi connectivity index (χ3n) is 3.96. The molecule has 1 N–H and O–H groups in total. The number of rotatable bonds is 5. The summed E-state index contributed by atoms with van der Waals surface area (Å²) in [7, 11) is -4.03. The van der Waals surface area contributed by atoms with Crippen LogP contribution in [0.4, 0.5) is 5.69 Å². The molecule has 0 aliphatic carbocycles. The van der Waals surface area contributed by atoms with E-state index in [0.29, 0.717) is 0 Å². The van der Waals surface area contributed by atoms with Gasteiger partial charge < -0.3 is 0 Å². The highest BCUT2D eigenvalue weighted by Crippen LogP contribution is 2.26. The van der Waals surface area contributed by atoms with Gasteiger partial charge in [-0.3, -0.25) is 10.1 Å². The van der Waals surface area contributed by atoms with Gasteiger partial charge in [-0.1, -0.05) is 48.5 Å². The van der Waals surface area contributed by atoms with E-state index in [1.165, 1.54) is 24.3 Å². The van der Waals surface area contributed by atoms with Gasteiger partial charge in [-0.25, -0.2) is 13.1 Å². The van der Waals surface area contributed by atoms with Crippen LogP contribution in [-0.2, 0) is 10.0 Å². The van der Waals surface area contributed by atoms with Crippen LogP contribution in [0.15, 0.2) is 71.6 Å². The average Bonchev–Trinajstić information content (AvgIpc) is 2.61. The molecule has 3 rings (SSSR count).